The summed E-state index contributed by atoms with van der Waals surface area (Å²) in [7, 11) is 0. The molecule has 2 N–H and O–H groups in total. The molecule has 78 valence electrons. The second-order valence-corrected chi connectivity index (χ2v) is 4.60. The van der Waals surface area contributed by atoms with Gasteiger partial charge in [0.1, 0.15) is 5.75 Å². The van der Waals surface area contributed by atoms with Crippen LogP contribution in [0, 0.1) is 0 Å². The Balaban J connectivity index is 2.49. The number of nitrogens with two attached hydrogens (primary N) is 1. The Morgan fingerprint density at radius 1 is 1.14 bits per heavy atom. The van der Waals surface area contributed by atoms with Crippen LogP contribution in [0.3, 0.4) is 0 Å². The van der Waals surface area contributed by atoms with E-state index in [9.17, 15) is 0 Å². The van der Waals surface area contributed by atoms with E-state index < -0.39 is 0 Å². The van der Waals surface area contributed by atoms with Gasteiger partial charge < -0.3 is 10.5 Å². The van der Waals surface area contributed by atoms with Crippen LogP contribution in [0.2, 0.25) is 0 Å². The molecular formula is C10H13Br2NO. The molecule has 0 saturated carbocycles. The largest absolute Gasteiger partial charge is 0.491 e. The predicted octanol–water partition coefficient (Wildman–Crippen LogP) is 3.33. The van der Waals surface area contributed by atoms with Crippen LogP contribution in [0.1, 0.15) is 12.8 Å². The lowest BCUT2D eigenvalue weighted by Crippen LogP contribution is -2.03. The summed E-state index contributed by atoms with van der Waals surface area (Å²) in [6, 6.07) is 5.88. The molecule has 0 unspecified atom stereocenters. The van der Waals surface area contributed by atoms with Gasteiger partial charge in [0, 0.05) is 0 Å². The number of ether oxygens (including phenoxy) is 1. The molecule has 0 fully saturated rings. The zero-order valence-electron chi connectivity index (χ0n) is 7.80. The maximum absolute atomic E-state index is 5.62. The van der Waals surface area contributed by atoms with E-state index in [4.69, 9.17) is 10.5 Å². The molecule has 0 aliphatic heterocycles. The highest BCUT2D eigenvalue weighted by Crippen LogP contribution is 2.32. The van der Waals surface area contributed by atoms with Gasteiger partial charge in [-0.15, -0.1) is 0 Å². The number of unbranched alkanes of at least 4 members (excludes halogenated alkanes) is 1. The fraction of sp³-hybridized carbons (Fsp3) is 0.400. The standard InChI is InChI=1S/C10H13Br2NO/c11-8-4-3-5-9(12)10(8)14-7-2-1-6-13/h3-5H,1-2,6-7,13H2. The second kappa shape index (κ2) is 6.43. The second-order valence-electron chi connectivity index (χ2n) is 2.90. The van der Waals surface area contributed by atoms with Gasteiger partial charge in [-0.3, -0.25) is 0 Å². The van der Waals surface area contributed by atoms with Gasteiger partial charge >= 0.3 is 0 Å². The van der Waals surface area contributed by atoms with Crippen molar-refractivity contribution in [1.29, 1.82) is 0 Å². The normalized spacial score (nSPS) is 10.2. The first-order valence-corrected chi connectivity index (χ1v) is 6.11. The van der Waals surface area contributed by atoms with Gasteiger partial charge in [0.2, 0.25) is 0 Å². The highest BCUT2D eigenvalue weighted by Gasteiger charge is 2.04. The number of hydrogen-bond donors (Lipinski definition) is 1. The molecule has 0 atom stereocenters. The average Bonchev–Trinajstić information content (AvgIpc) is 2.16. The van der Waals surface area contributed by atoms with Crippen molar-refractivity contribution >= 4 is 31.9 Å². The Bertz CT molecular complexity index is 271. The van der Waals surface area contributed by atoms with E-state index in [1.165, 1.54) is 0 Å². The van der Waals surface area contributed by atoms with Crippen molar-refractivity contribution in [2.75, 3.05) is 13.2 Å². The molecule has 14 heavy (non-hydrogen) atoms. The predicted molar refractivity (Wildman–Crippen MR) is 65.6 cm³/mol. The molecular weight excluding hydrogens is 310 g/mol. The Labute approximate surface area is 101 Å². The molecule has 0 aromatic heterocycles. The van der Waals surface area contributed by atoms with E-state index in [2.05, 4.69) is 31.9 Å². The highest BCUT2D eigenvalue weighted by atomic mass is 79.9. The third-order valence-electron chi connectivity index (χ3n) is 1.76. The van der Waals surface area contributed by atoms with Gasteiger partial charge in [-0.25, -0.2) is 0 Å². The van der Waals surface area contributed by atoms with Crippen LogP contribution in [-0.2, 0) is 0 Å². The summed E-state index contributed by atoms with van der Waals surface area (Å²) in [6.45, 7) is 1.43. The zero-order chi connectivity index (χ0) is 10.4. The van der Waals surface area contributed by atoms with Crippen LogP contribution in [0.4, 0.5) is 0 Å². The van der Waals surface area contributed by atoms with E-state index >= 15 is 0 Å². The lowest BCUT2D eigenvalue weighted by Gasteiger charge is -2.09. The maximum atomic E-state index is 5.62. The van der Waals surface area contributed by atoms with Crippen molar-refractivity contribution in [1.82, 2.24) is 0 Å². The summed E-state index contributed by atoms with van der Waals surface area (Å²) in [5.74, 6) is 0.865. The minimum atomic E-state index is 0.707. The number of benzene rings is 1. The van der Waals surface area contributed by atoms with E-state index in [0.717, 1.165) is 34.1 Å². The van der Waals surface area contributed by atoms with Gasteiger partial charge in [0.05, 0.1) is 15.6 Å². The van der Waals surface area contributed by atoms with E-state index in [1.807, 2.05) is 18.2 Å². The lowest BCUT2D eigenvalue weighted by molar-refractivity contribution is 0.304. The highest BCUT2D eigenvalue weighted by molar-refractivity contribution is 9.11. The van der Waals surface area contributed by atoms with Crippen molar-refractivity contribution in [2.24, 2.45) is 5.73 Å². The summed E-state index contributed by atoms with van der Waals surface area (Å²) in [5.41, 5.74) is 5.39. The van der Waals surface area contributed by atoms with Gasteiger partial charge in [0.25, 0.3) is 0 Å². The van der Waals surface area contributed by atoms with Crippen molar-refractivity contribution in [2.45, 2.75) is 12.8 Å². The molecule has 0 aliphatic rings. The molecule has 1 aromatic rings. The first-order valence-electron chi connectivity index (χ1n) is 4.52. The summed E-state index contributed by atoms with van der Waals surface area (Å²) in [5, 5.41) is 0. The smallest absolute Gasteiger partial charge is 0.147 e. The Hall–Kier alpha value is -0.0600. The van der Waals surface area contributed by atoms with Gasteiger partial charge in [0.15, 0.2) is 0 Å². The average molecular weight is 323 g/mol. The molecule has 0 bridgehead atoms. The van der Waals surface area contributed by atoms with Crippen LogP contribution in [-0.4, -0.2) is 13.2 Å². The fourth-order valence-corrected chi connectivity index (χ4v) is 2.27. The molecule has 0 aliphatic carbocycles. The SMILES string of the molecule is NCCCCOc1c(Br)cccc1Br. The Morgan fingerprint density at radius 3 is 2.36 bits per heavy atom. The third-order valence-corrected chi connectivity index (χ3v) is 3.01. The van der Waals surface area contributed by atoms with Crippen molar-refractivity contribution in [3.05, 3.63) is 27.1 Å². The topological polar surface area (TPSA) is 35.2 Å². The molecule has 0 spiro atoms. The third kappa shape index (κ3) is 3.59. The van der Waals surface area contributed by atoms with Crippen LogP contribution >= 0.6 is 31.9 Å². The molecule has 1 rings (SSSR count). The number of rotatable bonds is 5. The summed E-state index contributed by atoms with van der Waals surface area (Å²) in [6.07, 6.45) is 1.99. The molecule has 0 saturated heterocycles. The minimum Gasteiger partial charge on any atom is -0.491 e. The summed E-state index contributed by atoms with van der Waals surface area (Å²) in [4.78, 5) is 0. The van der Waals surface area contributed by atoms with Crippen LogP contribution < -0.4 is 10.5 Å². The molecule has 0 heterocycles. The molecule has 0 amide bonds. The first kappa shape index (κ1) is 12.0. The molecule has 4 heteroatoms. The van der Waals surface area contributed by atoms with Crippen molar-refractivity contribution < 1.29 is 4.74 Å². The Kier molecular flexibility index (Phi) is 5.52. The van der Waals surface area contributed by atoms with Crippen molar-refractivity contribution in [3.63, 3.8) is 0 Å². The number of halogens is 2. The fourth-order valence-electron chi connectivity index (χ4n) is 1.04. The molecule has 2 nitrogen and oxygen atoms in total. The summed E-state index contributed by atoms with van der Waals surface area (Å²) < 4.78 is 7.56. The first-order chi connectivity index (χ1) is 6.75. The van der Waals surface area contributed by atoms with Crippen molar-refractivity contribution in [3.8, 4) is 5.75 Å². The Morgan fingerprint density at radius 2 is 1.79 bits per heavy atom. The molecule has 1 aromatic carbocycles. The summed E-state index contributed by atoms with van der Waals surface area (Å²) >= 11 is 6.87. The quantitative estimate of drug-likeness (QED) is 0.844. The number of para-hydroxylation sites is 1. The minimum absolute atomic E-state index is 0.707. The molecule has 0 radical (unpaired) electrons. The van der Waals surface area contributed by atoms with E-state index in [0.29, 0.717) is 6.61 Å². The monoisotopic (exact) mass is 321 g/mol. The van der Waals surface area contributed by atoms with Gasteiger partial charge in [-0.2, -0.15) is 0 Å². The number of hydrogen-bond acceptors (Lipinski definition) is 2. The zero-order valence-corrected chi connectivity index (χ0v) is 11.0. The van der Waals surface area contributed by atoms with E-state index in [-0.39, 0.29) is 0 Å². The van der Waals surface area contributed by atoms with Crippen LogP contribution in [0.5, 0.6) is 5.75 Å². The van der Waals surface area contributed by atoms with Crippen LogP contribution in [0.15, 0.2) is 27.1 Å². The van der Waals surface area contributed by atoms with Crippen LogP contribution in [0.25, 0.3) is 0 Å². The maximum Gasteiger partial charge on any atom is 0.147 e. The van der Waals surface area contributed by atoms with Gasteiger partial charge in [-0.1, -0.05) is 6.07 Å². The van der Waals surface area contributed by atoms with E-state index in [1.54, 1.807) is 0 Å². The van der Waals surface area contributed by atoms with Gasteiger partial charge in [-0.05, 0) is 63.4 Å². The lowest BCUT2D eigenvalue weighted by atomic mass is 10.3.